The number of hydrogen-bond donors (Lipinski definition) is 5. The average Bonchev–Trinajstić information content (AvgIpc) is 3.77. The van der Waals surface area contributed by atoms with Crippen LogP contribution >= 0.6 is 13.4 Å². The van der Waals surface area contributed by atoms with Crippen molar-refractivity contribution in [2.24, 2.45) is 0 Å². The Labute approximate surface area is 265 Å². The molecule has 0 saturated carbocycles. The van der Waals surface area contributed by atoms with Gasteiger partial charge in [0.1, 0.15) is 30.2 Å². The van der Waals surface area contributed by atoms with Crippen molar-refractivity contribution in [1.29, 1.82) is 0 Å². The zero-order valence-electron chi connectivity index (χ0n) is 23.3. The second-order valence-electron chi connectivity index (χ2n) is 9.93. The average molecular weight is 728 g/mol. The van der Waals surface area contributed by atoms with Crippen molar-refractivity contribution in [2.75, 3.05) is 31.8 Å². The molecule has 4 aromatic heterocycles. The summed E-state index contributed by atoms with van der Waals surface area (Å²) in [6.45, 7) is -9.12. The summed E-state index contributed by atoms with van der Waals surface area (Å²) >= 11 is 9.94. The molecule has 250 valence electrons. The number of nitrogens with two attached hydrogens (primary N) is 2. The second-order valence-corrected chi connectivity index (χ2v) is 15.7. The van der Waals surface area contributed by atoms with E-state index < -0.39 is 75.3 Å². The molecule has 26 heteroatoms. The van der Waals surface area contributed by atoms with Crippen LogP contribution in [-0.4, -0.2) is 105 Å². The van der Waals surface area contributed by atoms with Crippen LogP contribution in [-0.2, 0) is 51.2 Å². The first-order valence-electron chi connectivity index (χ1n) is 13.1. The Kier molecular flexibility index (Phi) is 9.17. The predicted octanol–water partition coefficient (Wildman–Crippen LogP) is -0.122. The molecule has 0 radical (unpaired) electrons. The third-order valence-electron chi connectivity index (χ3n) is 6.96. The molecule has 0 bridgehead atoms. The topological polar surface area (TPSA) is 268 Å². The number of nitrogens with zero attached hydrogens (tertiary/aromatic N) is 8. The Bertz CT molecular complexity index is 1920. The fourth-order valence-corrected chi connectivity index (χ4v) is 6.91. The Morgan fingerprint density at radius 2 is 1.85 bits per heavy atom. The van der Waals surface area contributed by atoms with Crippen LogP contribution in [0.3, 0.4) is 0 Å². The zero-order valence-corrected chi connectivity index (χ0v) is 26.7. The Morgan fingerprint density at radius 3 is 2.61 bits per heavy atom. The Hall–Kier alpha value is -2.73. The van der Waals surface area contributed by atoms with Gasteiger partial charge >= 0.3 is 13.4 Å². The highest BCUT2D eigenvalue weighted by Gasteiger charge is 2.51. The van der Waals surface area contributed by atoms with E-state index in [1.165, 1.54) is 17.2 Å². The van der Waals surface area contributed by atoms with Gasteiger partial charge in [0.05, 0.1) is 25.6 Å². The molecule has 0 aliphatic carbocycles. The van der Waals surface area contributed by atoms with E-state index in [0.29, 0.717) is 0 Å². The number of nitrogens with one attached hydrogen (secondary N) is 1. The van der Waals surface area contributed by atoms with E-state index in [1.54, 1.807) is 0 Å². The first kappa shape index (κ1) is 33.2. The molecule has 2 unspecified atom stereocenters. The predicted molar refractivity (Wildman–Crippen MR) is 159 cm³/mol. The largest absolute Gasteiger partial charge is 0.382 e. The van der Waals surface area contributed by atoms with Crippen LogP contribution in [0, 0.1) is 0 Å². The van der Waals surface area contributed by atoms with Crippen molar-refractivity contribution in [3.05, 3.63) is 23.0 Å². The molecule has 2 aliphatic rings. The van der Waals surface area contributed by atoms with Gasteiger partial charge in [0.2, 0.25) is 5.95 Å². The molecule has 9 atom stereocenters. The maximum Gasteiger partial charge on any atom is 0.325 e. The molecule has 2 saturated heterocycles. The molecular formula is C20H25F2N11O9P2S2. The molecule has 6 heterocycles. The third-order valence-corrected chi connectivity index (χ3v) is 10.2. The highest BCUT2D eigenvalue weighted by Crippen LogP contribution is 2.51. The van der Waals surface area contributed by atoms with E-state index in [-0.39, 0.29) is 40.5 Å². The molecule has 2 aliphatic heterocycles. The lowest BCUT2D eigenvalue weighted by Gasteiger charge is -2.25. The molecule has 46 heavy (non-hydrogen) atoms. The van der Waals surface area contributed by atoms with Gasteiger partial charge in [-0.15, -0.1) is 5.10 Å². The van der Waals surface area contributed by atoms with Gasteiger partial charge < -0.3 is 44.3 Å². The van der Waals surface area contributed by atoms with Crippen molar-refractivity contribution in [2.45, 2.75) is 49.5 Å². The number of alkyl halides is 2. The van der Waals surface area contributed by atoms with Crippen molar-refractivity contribution in [3.8, 4) is 0 Å². The van der Waals surface area contributed by atoms with Gasteiger partial charge in [-0.3, -0.25) is 18.9 Å². The van der Waals surface area contributed by atoms with Gasteiger partial charge in [-0.1, -0.05) is 5.21 Å². The highest BCUT2D eigenvalue weighted by atomic mass is 32.5. The van der Waals surface area contributed by atoms with Crippen LogP contribution in [0.1, 0.15) is 18.9 Å². The first-order chi connectivity index (χ1) is 21.8. The van der Waals surface area contributed by atoms with E-state index in [9.17, 15) is 14.6 Å². The lowest BCUT2D eigenvalue weighted by atomic mass is 10.1. The number of aromatic amines is 1. The normalized spacial score (nSPS) is 29.4. The summed E-state index contributed by atoms with van der Waals surface area (Å²) in [6, 6.07) is 0. The maximum atomic E-state index is 15.9. The quantitative estimate of drug-likeness (QED) is 0.126. The molecule has 0 amide bonds. The molecule has 20 nitrogen and oxygen atoms in total. The van der Waals surface area contributed by atoms with Crippen LogP contribution in [0.15, 0.2) is 17.4 Å². The van der Waals surface area contributed by atoms with E-state index in [4.69, 9.17) is 62.6 Å². The van der Waals surface area contributed by atoms with Crippen molar-refractivity contribution < 1.29 is 46.1 Å². The molecule has 4 aromatic rings. The van der Waals surface area contributed by atoms with E-state index in [1.807, 2.05) is 0 Å². The van der Waals surface area contributed by atoms with Gasteiger partial charge in [0.25, 0.3) is 5.56 Å². The molecular weight excluding hydrogens is 702 g/mol. The number of rotatable bonds is 11. The molecule has 0 aromatic carbocycles. The number of halogens is 2. The second kappa shape index (κ2) is 12.7. The van der Waals surface area contributed by atoms with Crippen LogP contribution < -0.4 is 17.0 Å². The summed E-state index contributed by atoms with van der Waals surface area (Å²) in [7, 11) is 1.11. The van der Waals surface area contributed by atoms with Crippen LogP contribution in [0.4, 0.5) is 20.5 Å². The van der Waals surface area contributed by atoms with E-state index >= 15 is 8.78 Å². The smallest absolute Gasteiger partial charge is 0.325 e. The minimum Gasteiger partial charge on any atom is -0.382 e. The molecule has 0 spiro atoms. The number of fused-ring (bicyclic) bond motifs is 2. The summed E-state index contributed by atoms with van der Waals surface area (Å²) in [6.07, 6.45) is -8.19. The standard InChI is InChI=1S/C20H25F2N11O9P2S2/c1-37-43(35,45)39-4-9-10(22)13(19(41-9)33-16-12(30-31-33)17(34)29-20(24)28-16)42-44(36,46)38-3-7-2-8(21)18(40-7)32-6-27-11-14(23)25-5-26-15(11)32/h5-10,13,18-19H,2-4H2,1H3,(H,35,45)(H,36,46)(H2,23,25,26)(H3,24,28,29,34)/t7-,8-,9+,10+,13+,18+,19+,43?,44?/m0/s1. The summed E-state index contributed by atoms with van der Waals surface area (Å²) in [5, 5.41) is 7.57. The van der Waals surface area contributed by atoms with Gasteiger partial charge in [-0.25, -0.2) is 23.7 Å². The minimum absolute atomic E-state index is 0.106. The van der Waals surface area contributed by atoms with Gasteiger partial charge in [-0.2, -0.15) is 9.67 Å². The summed E-state index contributed by atoms with van der Waals surface area (Å²) in [5.74, 6) is -0.194. The summed E-state index contributed by atoms with van der Waals surface area (Å²) < 4.78 is 65.6. The van der Waals surface area contributed by atoms with Gasteiger partial charge in [0, 0.05) is 13.5 Å². The van der Waals surface area contributed by atoms with Gasteiger partial charge in [0.15, 0.2) is 41.3 Å². The Morgan fingerprint density at radius 1 is 1.09 bits per heavy atom. The minimum atomic E-state index is -4.33. The lowest BCUT2D eigenvalue weighted by Crippen LogP contribution is -2.32. The Balaban J connectivity index is 1.19. The number of nitrogen functional groups attached to an aromatic ring is 2. The number of imidazole rings is 1. The van der Waals surface area contributed by atoms with Crippen molar-refractivity contribution in [3.63, 3.8) is 0 Å². The fraction of sp³-hybridized carbons (Fsp3) is 0.550. The monoisotopic (exact) mass is 727 g/mol. The summed E-state index contributed by atoms with van der Waals surface area (Å²) in [5.41, 5.74) is 10.8. The molecule has 6 rings (SSSR count). The molecule has 2 fully saturated rings. The lowest BCUT2D eigenvalue weighted by molar-refractivity contribution is -0.0557. The fourth-order valence-electron chi connectivity index (χ4n) is 4.86. The zero-order chi connectivity index (χ0) is 33.0. The number of H-pyrrole nitrogens is 1. The summed E-state index contributed by atoms with van der Waals surface area (Å²) in [4.78, 5) is 51.5. The van der Waals surface area contributed by atoms with Crippen LogP contribution in [0.25, 0.3) is 22.3 Å². The van der Waals surface area contributed by atoms with E-state index in [2.05, 4.69) is 35.2 Å². The van der Waals surface area contributed by atoms with Crippen molar-refractivity contribution in [1.82, 2.24) is 44.5 Å². The molecule has 7 N–H and O–H groups in total. The maximum absolute atomic E-state index is 15.9. The van der Waals surface area contributed by atoms with Crippen LogP contribution in [0.5, 0.6) is 0 Å². The number of aromatic nitrogens is 9. The number of ether oxygens (including phenoxy) is 2. The van der Waals surface area contributed by atoms with Crippen LogP contribution in [0.2, 0.25) is 0 Å². The number of hydrogen-bond acceptors (Lipinski definition) is 17. The number of anilines is 2. The third kappa shape index (κ3) is 6.53. The van der Waals surface area contributed by atoms with E-state index in [0.717, 1.165) is 11.8 Å². The first-order valence-corrected chi connectivity index (χ1v) is 18.3. The highest BCUT2D eigenvalue weighted by molar-refractivity contribution is 8.07. The van der Waals surface area contributed by atoms with Crippen molar-refractivity contribution >= 4 is 71.1 Å². The SMILES string of the molecule is COP(O)(=S)OC[C@H]1O[C@@H](n2nnc3c(=O)[nH]c(N)nc32)[C@H](OP(O)(=S)OC[C@@H]2C[C@H](F)[C@H](n3cnc4c(N)ncnc43)O2)[C@@H]1F. The van der Waals surface area contributed by atoms with Gasteiger partial charge in [-0.05, 0) is 23.6 Å².